The highest BCUT2D eigenvalue weighted by Gasteiger charge is 2.12. The SMILES string of the molecule is OC(c1ccc(Cl)cc1)c1cnsn1. The molecule has 0 radical (unpaired) electrons. The number of aliphatic hydroxyl groups excluding tert-OH is 1. The lowest BCUT2D eigenvalue weighted by Crippen LogP contribution is -1.98. The molecule has 1 aromatic heterocycles. The summed E-state index contributed by atoms with van der Waals surface area (Å²) in [6, 6.07) is 7.01. The minimum absolute atomic E-state index is 0.567. The molecule has 1 aromatic carbocycles. The van der Waals surface area contributed by atoms with Crippen LogP contribution in [-0.4, -0.2) is 13.9 Å². The van der Waals surface area contributed by atoms with Gasteiger partial charge in [0.1, 0.15) is 11.8 Å². The molecule has 0 fully saturated rings. The Bertz CT molecular complexity index is 401. The second-order valence-corrected chi connectivity index (χ2v) is 3.78. The zero-order chi connectivity index (χ0) is 9.97. The lowest BCUT2D eigenvalue weighted by molar-refractivity contribution is 0.216. The molecule has 2 aromatic rings. The monoisotopic (exact) mass is 226 g/mol. The second kappa shape index (κ2) is 4.04. The molecule has 0 saturated carbocycles. The van der Waals surface area contributed by atoms with Gasteiger partial charge in [0.15, 0.2) is 0 Å². The van der Waals surface area contributed by atoms with Crippen molar-refractivity contribution in [3.05, 3.63) is 46.7 Å². The smallest absolute Gasteiger partial charge is 0.124 e. The van der Waals surface area contributed by atoms with Crippen molar-refractivity contribution < 1.29 is 5.11 Å². The van der Waals surface area contributed by atoms with Crippen molar-refractivity contribution in [1.82, 2.24) is 8.75 Å². The first-order chi connectivity index (χ1) is 6.77. The van der Waals surface area contributed by atoms with Crippen LogP contribution < -0.4 is 0 Å². The Labute approximate surface area is 90.3 Å². The van der Waals surface area contributed by atoms with Crippen molar-refractivity contribution in [3.63, 3.8) is 0 Å². The van der Waals surface area contributed by atoms with Gasteiger partial charge in [0.25, 0.3) is 0 Å². The Morgan fingerprint density at radius 1 is 1.29 bits per heavy atom. The number of hydrogen-bond acceptors (Lipinski definition) is 4. The third-order valence-electron chi connectivity index (χ3n) is 1.84. The van der Waals surface area contributed by atoms with Gasteiger partial charge in [-0.25, -0.2) is 0 Å². The van der Waals surface area contributed by atoms with Crippen LogP contribution in [0.5, 0.6) is 0 Å². The maximum atomic E-state index is 9.83. The molecule has 0 bridgehead atoms. The highest BCUT2D eigenvalue weighted by Crippen LogP contribution is 2.21. The summed E-state index contributed by atoms with van der Waals surface area (Å²) < 4.78 is 7.79. The van der Waals surface area contributed by atoms with Crippen LogP contribution in [0, 0.1) is 0 Å². The maximum Gasteiger partial charge on any atom is 0.124 e. The summed E-state index contributed by atoms with van der Waals surface area (Å²) in [6.07, 6.45) is 0.843. The molecule has 0 saturated heterocycles. The molecule has 72 valence electrons. The molecule has 0 spiro atoms. The number of halogens is 1. The number of aliphatic hydroxyl groups is 1. The van der Waals surface area contributed by atoms with Gasteiger partial charge >= 0.3 is 0 Å². The topological polar surface area (TPSA) is 46.0 Å². The fourth-order valence-corrected chi connectivity index (χ4v) is 1.68. The van der Waals surface area contributed by atoms with E-state index < -0.39 is 6.10 Å². The van der Waals surface area contributed by atoms with E-state index in [1.54, 1.807) is 30.5 Å². The molecule has 5 heteroatoms. The first-order valence-corrected chi connectivity index (χ1v) is 5.09. The fraction of sp³-hybridized carbons (Fsp3) is 0.111. The molecule has 1 atom stereocenters. The Morgan fingerprint density at radius 2 is 2.00 bits per heavy atom. The summed E-state index contributed by atoms with van der Waals surface area (Å²) in [7, 11) is 0. The van der Waals surface area contributed by atoms with Crippen LogP contribution in [0.1, 0.15) is 17.4 Å². The highest BCUT2D eigenvalue weighted by molar-refractivity contribution is 6.99. The van der Waals surface area contributed by atoms with E-state index in [1.807, 2.05) is 0 Å². The summed E-state index contributed by atoms with van der Waals surface area (Å²) in [5.74, 6) is 0. The molecule has 1 unspecified atom stereocenters. The van der Waals surface area contributed by atoms with E-state index >= 15 is 0 Å². The Kier molecular flexibility index (Phi) is 2.77. The first-order valence-electron chi connectivity index (χ1n) is 3.98. The molecule has 2 rings (SSSR count). The third-order valence-corrected chi connectivity index (χ3v) is 2.59. The summed E-state index contributed by atoms with van der Waals surface area (Å²) >= 11 is 6.81. The van der Waals surface area contributed by atoms with Gasteiger partial charge in [0, 0.05) is 5.02 Å². The van der Waals surface area contributed by atoms with E-state index in [2.05, 4.69) is 8.75 Å². The number of rotatable bonds is 2. The van der Waals surface area contributed by atoms with Gasteiger partial charge in [0.05, 0.1) is 17.9 Å². The van der Waals surface area contributed by atoms with Gasteiger partial charge in [-0.3, -0.25) is 0 Å². The Morgan fingerprint density at radius 3 is 2.57 bits per heavy atom. The quantitative estimate of drug-likeness (QED) is 0.855. The summed E-state index contributed by atoms with van der Waals surface area (Å²) in [6.45, 7) is 0. The van der Waals surface area contributed by atoms with Crippen LogP contribution in [0.4, 0.5) is 0 Å². The molecular formula is C9H7ClN2OS. The van der Waals surface area contributed by atoms with Crippen molar-refractivity contribution in [2.75, 3.05) is 0 Å². The maximum absolute atomic E-state index is 9.83. The molecule has 0 aliphatic carbocycles. The van der Waals surface area contributed by atoms with Gasteiger partial charge in [-0.15, -0.1) is 0 Å². The number of benzene rings is 1. The van der Waals surface area contributed by atoms with E-state index in [4.69, 9.17) is 11.6 Å². The largest absolute Gasteiger partial charge is 0.382 e. The average Bonchev–Trinajstić information content (AvgIpc) is 2.71. The van der Waals surface area contributed by atoms with E-state index in [9.17, 15) is 5.11 Å². The molecule has 3 nitrogen and oxygen atoms in total. The third kappa shape index (κ3) is 1.92. The van der Waals surface area contributed by atoms with Crippen LogP contribution in [-0.2, 0) is 0 Å². The summed E-state index contributed by atoms with van der Waals surface area (Å²) in [5.41, 5.74) is 1.33. The predicted octanol–water partition coefficient (Wildman–Crippen LogP) is 2.27. The normalized spacial score (nSPS) is 12.7. The van der Waals surface area contributed by atoms with E-state index in [-0.39, 0.29) is 0 Å². The zero-order valence-electron chi connectivity index (χ0n) is 7.09. The Balaban J connectivity index is 2.28. The Hall–Kier alpha value is -0.970. The van der Waals surface area contributed by atoms with Crippen molar-refractivity contribution in [2.45, 2.75) is 6.10 Å². The van der Waals surface area contributed by atoms with Crippen LogP contribution in [0.25, 0.3) is 0 Å². The molecule has 14 heavy (non-hydrogen) atoms. The first kappa shape index (κ1) is 9.58. The van der Waals surface area contributed by atoms with Crippen LogP contribution in [0.15, 0.2) is 30.5 Å². The minimum Gasteiger partial charge on any atom is -0.382 e. The van der Waals surface area contributed by atoms with E-state index in [1.165, 1.54) is 0 Å². The number of hydrogen-bond donors (Lipinski definition) is 1. The van der Waals surface area contributed by atoms with Crippen LogP contribution in [0.2, 0.25) is 5.02 Å². The van der Waals surface area contributed by atoms with Gasteiger partial charge in [-0.05, 0) is 17.7 Å². The van der Waals surface area contributed by atoms with Gasteiger partial charge in [-0.2, -0.15) is 8.75 Å². The van der Waals surface area contributed by atoms with Gasteiger partial charge in [0.2, 0.25) is 0 Å². The van der Waals surface area contributed by atoms with Gasteiger partial charge in [-0.1, -0.05) is 23.7 Å². The van der Waals surface area contributed by atoms with Crippen molar-refractivity contribution in [3.8, 4) is 0 Å². The molecule has 0 aliphatic rings. The molecule has 0 aliphatic heterocycles. The van der Waals surface area contributed by atoms with Gasteiger partial charge < -0.3 is 5.11 Å². The number of aromatic nitrogens is 2. The predicted molar refractivity (Wildman–Crippen MR) is 55.4 cm³/mol. The highest BCUT2D eigenvalue weighted by atomic mass is 35.5. The second-order valence-electron chi connectivity index (χ2n) is 2.79. The van der Waals surface area contributed by atoms with Crippen molar-refractivity contribution >= 4 is 23.3 Å². The summed E-state index contributed by atoms with van der Waals surface area (Å²) in [4.78, 5) is 0. The van der Waals surface area contributed by atoms with Crippen molar-refractivity contribution in [1.29, 1.82) is 0 Å². The molecule has 1 heterocycles. The van der Waals surface area contributed by atoms with Crippen LogP contribution >= 0.6 is 23.3 Å². The molecule has 0 amide bonds. The van der Waals surface area contributed by atoms with E-state index in [0.717, 1.165) is 17.3 Å². The fourth-order valence-electron chi connectivity index (χ4n) is 1.11. The van der Waals surface area contributed by atoms with Crippen LogP contribution in [0.3, 0.4) is 0 Å². The van der Waals surface area contributed by atoms with Crippen molar-refractivity contribution in [2.24, 2.45) is 0 Å². The minimum atomic E-state index is -0.717. The lowest BCUT2D eigenvalue weighted by Gasteiger charge is -2.06. The number of nitrogens with zero attached hydrogens (tertiary/aromatic N) is 2. The average molecular weight is 227 g/mol. The zero-order valence-corrected chi connectivity index (χ0v) is 8.66. The lowest BCUT2D eigenvalue weighted by atomic mass is 10.1. The standard InChI is InChI=1S/C9H7ClN2OS/c10-7-3-1-6(2-4-7)9(13)8-5-11-14-12-8/h1-5,9,13H. The van der Waals surface area contributed by atoms with E-state index in [0.29, 0.717) is 10.7 Å². The molecule has 1 N–H and O–H groups in total. The molecular weight excluding hydrogens is 220 g/mol. The summed E-state index contributed by atoms with van der Waals surface area (Å²) in [5, 5.41) is 10.5.